The molecule has 0 saturated heterocycles. The molecule has 24 heavy (non-hydrogen) atoms. The van der Waals surface area contributed by atoms with Crippen LogP contribution in [0.15, 0.2) is 34.7 Å². The van der Waals surface area contributed by atoms with Gasteiger partial charge in [-0.05, 0) is 55.7 Å². The van der Waals surface area contributed by atoms with Crippen LogP contribution in [0.2, 0.25) is 0 Å². The smallest absolute Gasteiger partial charge is 0.227 e. The lowest BCUT2D eigenvalue weighted by Gasteiger charge is -2.13. The summed E-state index contributed by atoms with van der Waals surface area (Å²) in [5.41, 5.74) is 6.69. The highest BCUT2D eigenvalue weighted by Crippen LogP contribution is 2.29. The highest BCUT2D eigenvalue weighted by atomic mass is 16.3. The van der Waals surface area contributed by atoms with Gasteiger partial charge in [0.2, 0.25) is 5.89 Å². The van der Waals surface area contributed by atoms with E-state index >= 15 is 0 Å². The molecule has 126 valence electrons. The van der Waals surface area contributed by atoms with E-state index in [0.29, 0.717) is 5.89 Å². The summed E-state index contributed by atoms with van der Waals surface area (Å²) >= 11 is 0. The van der Waals surface area contributed by atoms with E-state index in [0.717, 1.165) is 39.0 Å². The first-order valence-electron chi connectivity index (χ1n) is 7.99. The van der Waals surface area contributed by atoms with E-state index in [9.17, 15) is 5.11 Å². The van der Waals surface area contributed by atoms with Crippen molar-refractivity contribution in [1.82, 2.24) is 4.98 Å². The number of aryl methyl sites for hydroxylation is 3. The zero-order valence-electron chi connectivity index (χ0n) is 14.1. The van der Waals surface area contributed by atoms with Crippen LogP contribution in [0, 0.1) is 20.8 Å². The number of hydrogen-bond acceptors (Lipinski definition) is 5. The van der Waals surface area contributed by atoms with Gasteiger partial charge in [0.05, 0.1) is 12.7 Å². The van der Waals surface area contributed by atoms with Crippen LogP contribution in [0.1, 0.15) is 16.7 Å². The van der Waals surface area contributed by atoms with Crippen LogP contribution in [0.4, 0.5) is 5.69 Å². The first kappa shape index (κ1) is 16.5. The summed E-state index contributed by atoms with van der Waals surface area (Å²) in [5.74, 6) is 0.574. The zero-order valence-corrected chi connectivity index (χ0v) is 14.1. The Morgan fingerprint density at radius 1 is 1.12 bits per heavy atom. The number of fused-ring (bicyclic) bond motifs is 1. The van der Waals surface area contributed by atoms with Gasteiger partial charge in [0, 0.05) is 17.8 Å². The molecule has 0 saturated carbocycles. The lowest BCUT2D eigenvalue weighted by atomic mass is 10.1. The highest BCUT2D eigenvalue weighted by molar-refractivity contribution is 5.80. The van der Waals surface area contributed by atoms with Gasteiger partial charge in [-0.2, -0.15) is 0 Å². The number of nitrogens with zero attached hydrogens (tertiary/aromatic N) is 1. The molecule has 0 aliphatic rings. The van der Waals surface area contributed by atoms with E-state index in [2.05, 4.69) is 16.4 Å². The molecule has 3 rings (SSSR count). The van der Waals surface area contributed by atoms with Crippen molar-refractivity contribution < 1.29 is 14.6 Å². The average molecular weight is 326 g/mol. The molecule has 3 N–H and O–H groups in total. The predicted octanol–water partition coefficient (Wildman–Crippen LogP) is 3.19. The monoisotopic (exact) mass is 326 g/mol. The number of benzene rings is 2. The molecule has 1 aromatic heterocycles. The minimum Gasteiger partial charge on any atom is -0.436 e. The summed E-state index contributed by atoms with van der Waals surface area (Å²) in [6, 6.07) is 9.99. The third-order valence-electron chi connectivity index (χ3n) is 4.04. The van der Waals surface area contributed by atoms with E-state index in [1.807, 2.05) is 45.0 Å². The summed E-state index contributed by atoms with van der Waals surface area (Å²) in [7, 11) is 0. The highest BCUT2D eigenvalue weighted by Gasteiger charge is 2.12. The number of aliphatic hydroxyl groups is 2. The van der Waals surface area contributed by atoms with Gasteiger partial charge in [0.1, 0.15) is 5.52 Å². The molecular weight excluding hydrogens is 304 g/mol. The quantitative estimate of drug-likeness (QED) is 0.671. The van der Waals surface area contributed by atoms with Crippen molar-refractivity contribution in [3.8, 4) is 11.5 Å². The summed E-state index contributed by atoms with van der Waals surface area (Å²) in [6.07, 6.45) is -0.789. The maximum Gasteiger partial charge on any atom is 0.227 e. The number of hydrogen-bond donors (Lipinski definition) is 3. The summed E-state index contributed by atoms with van der Waals surface area (Å²) < 4.78 is 5.95. The Bertz CT molecular complexity index is 870. The zero-order chi connectivity index (χ0) is 17.3. The fourth-order valence-corrected chi connectivity index (χ4v) is 2.74. The van der Waals surface area contributed by atoms with Gasteiger partial charge < -0.3 is 19.9 Å². The van der Waals surface area contributed by atoms with Crippen molar-refractivity contribution in [2.24, 2.45) is 0 Å². The molecule has 0 amide bonds. The number of aromatic nitrogens is 1. The number of nitrogens with one attached hydrogen (secondary N) is 1. The Hall–Kier alpha value is -2.37. The average Bonchev–Trinajstić information content (AvgIpc) is 2.98. The standard InChI is InChI=1S/C19H22N2O3/c1-11-6-13(3)18-17(7-11)21-19(24-18)14-5-4-12(2)16(8-14)20-9-15(23)10-22/h4-8,15,20,22-23H,9-10H2,1-3H3. The molecule has 5 heteroatoms. The topological polar surface area (TPSA) is 78.5 Å². The Morgan fingerprint density at radius 3 is 2.67 bits per heavy atom. The Balaban J connectivity index is 1.96. The molecule has 1 atom stereocenters. The van der Waals surface area contributed by atoms with Gasteiger partial charge in [-0.3, -0.25) is 0 Å². The fourth-order valence-electron chi connectivity index (χ4n) is 2.74. The Morgan fingerprint density at radius 2 is 1.92 bits per heavy atom. The number of oxazole rings is 1. The molecule has 2 aromatic carbocycles. The van der Waals surface area contributed by atoms with Crippen molar-refractivity contribution in [3.63, 3.8) is 0 Å². The fraction of sp³-hybridized carbons (Fsp3) is 0.316. The van der Waals surface area contributed by atoms with Crippen LogP contribution in [0.3, 0.4) is 0 Å². The maximum atomic E-state index is 9.50. The van der Waals surface area contributed by atoms with E-state index in [4.69, 9.17) is 9.52 Å². The van der Waals surface area contributed by atoms with E-state index in [1.165, 1.54) is 0 Å². The second-order valence-electron chi connectivity index (χ2n) is 6.20. The Labute approximate surface area is 141 Å². The minimum atomic E-state index is -0.789. The lowest BCUT2D eigenvalue weighted by Crippen LogP contribution is -2.23. The molecule has 0 spiro atoms. The third kappa shape index (κ3) is 3.27. The van der Waals surface area contributed by atoms with E-state index in [1.54, 1.807) is 0 Å². The normalized spacial score (nSPS) is 12.5. The van der Waals surface area contributed by atoms with Crippen LogP contribution in [0.5, 0.6) is 0 Å². The third-order valence-corrected chi connectivity index (χ3v) is 4.04. The van der Waals surface area contributed by atoms with Crippen molar-refractivity contribution in [1.29, 1.82) is 0 Å². The second-order valence-corrected chi connectivity index (χ2v) is 6.20. The van der Waals surface area contributed by atoms with Gasteiger partial charge in [-0.1, -0.05) is 12.1 Å². The van der Waals surface area contributed by atoms with Gasteiger partial charge >= 0.3 is 0 Å². The summed E-state index contributed by atoms with van der Waals surface area (Å²) in [6.45, 7) is 6.06. The molecule has 0 bridgehead atoms. The second kappa shape index (κ2) is 6.63. The van der Waals surface area contributed by atoms with Crippen LogP contribution in [-0.4, -0.2) is 34.5 Å². The van der Waals surface area contributed by atoms with Gasteiger partial charge in [-0.25, -0.2) is 4.98 Å². The largest absolute Gasteiger partial charge is 0.436 e. The van der Waals surface area contributed by atoms with Crippen LogP contribution < -0.4 is 5.32 Å². The number of anilines is 1. The summed E-state index contributed by atoms with van der Waals surface area (Å²) in [5, 5.41) is 21.6. The van der Waals surface area contributed by atoms with Crippen LogP contribution in [-0.2, 0) is 0 Å². The molecule has 0 fully saturated rings. The van der Waals surface area contributed by atoms with Crippen LogP contribution in [0.25, 0.3) is 22.6 Å². The summed E-state index contributed by atoms with van der Waals surface area (Å²) in [4.78, 5) is 4.60. The molecule has 1 unspecified atom stereocenters. The Kier molecular flexibility index (Phi) is 4.55. The van der Waals surface area contributed by atoms with Crippen molar-refractivity contribution in [2.45, 2.75) is 26.9 Å². The lowest BCUT2D eigenvalue weighted by molar-refractivity contribution is 0.105. The molecule has 0 aliphatic carbocycles. The number of rotatable bonds is 5. The van der Waals surface area contributed by atoms with Crippen molar-refractivity contribution in [2.75, 3.05) is 18.5 Å². The molecule has 5 nitrogen and oxygen atoms in total. The molecule has 0 radical (unpaired) electrons. The first-order valence-corrected chi connectivity index (χ1v) is 7.99. The number of aliphatic hydroxyl groups excluding tert-OH is 2. The predicted molar refractivity (Wildman–Crippen MR) is 95.2 cm³/mol. The molecule has 1 heterocycles. The van der Waals surface area contributed by atoms with E-state index in [-0.39, 0.29) is 13.2 Å². The van der Waals surface area contributed by atoms with E-state index < -0.39 is 6.10 Å². The first-order chi connectivity index (χ1) is 11.5. The SMILES string of the molecule is Cc1cc(C)c2oc(-c3ccc(C)c(NCC(O)CO)c3)nc2c1. The maximum absolute atomic E-state index is 9.50. The van der Waals surface area contributed by atoms with Crippen LogP contribution >= 0.6 is 0 Å². The molecule has 3 aromatic rings. The van der Waals surface area contributed by atoms with Gasteiger partial charge in [0.15, 0.2) is 5.58 Å². The van der Waals surface area contributed by atoms with Crippen molar-refractivity contribution >= 4 is 16.8 Å². The minimum absolute atomic E-state index is 0.268. The van der Waals surface area contributed by atoms with Gasteiger partial charge in [-0.15, -0.1) is 0 Å². The van der Waals surface area contributed by atoms with Gasteiger partial charge in [0.25, 0.3) is 0 Å². The molecule has 0 aliphatic heterocycles. The molecular formula is C19H22N2O3. The van der Waals surface area contributed by atoms with Crippen molar-refractivity contribution in [3.05, 3.63) is 47.0 Å².